The van der Waals surface area contributed by atoms with Crippen LogP contribution < -0.4 is 4.90 Å². The zero-order valence-electron chi connectivity index (χ0n) is 16.9. The molecule has 1 spiro atoms. The molecule has 3 aromatic rings. The van der Waals surface area contributed by atoms with Gasteiger partial charge in [-0.2, -0.15) is 0 Å². The van der Waals surface area contributed by atoms with E-state index in [0.29, 0.717) is 22.7 Å². The van der Waals surface area contributed by atoms with E-state index in [0.717, 1.165) is 16.8 Å². The van der Waals surface area contributed by atoms with E-state index in [2.05, 4.69) is 0 Å². The lowest BCUT2D eigenvalue weighted by molar-refractivity contribution is -0.168. The Balaban J connectivity index is 1.62. The summed E-state index contributed by atoms with van der Waals surface area (Å²) in [6.07, 6.45) is 1.84. The number of halogens is 1. The van der Waals surface area contributed by atoms with E-state index in [9.17, 15) is 9.59 Å². The van der Waals surface area contributed by atoms with Crippen molar-refractivity contribution in [3.8, 4) is 0 Å². The number of ether oxygens (including phenoxy) is 1. The second-order valence-electron chi connectivity index (χ2n) is 7.90. The van der Waals surface area contributed by atoms with Crippen LogP contribution in [-0.2, 0) is 26.5 Å². The Morgan fingerprint density at radius 1 is 0.968 bits per heavy atom. The summed E-state index contributed by atoms with van der Waals surface area (Å²) >= 11 is 6.30. The van der Waals surface area contributed by atoms with Crippen LogP contribution >= 0.6 is 11.6 Å². The van der Waals surface area contributed by atoms with Gasteiger partial charge in [-0.1, -0.05) is 85.3 Å². The molecule has 0 saturated carbocycles. The summed E-state index contributed by atoms with van der Waals surface area (Å²) in [7, 11) is 0. The lowest BCUT2D eigenvalue weighted by Gasteiger charge is -2.36. The number of anilines is 1. The van der Waals surface area contributed by atoms with Gasteiger partial charge in [0.1, 0.15) is 0 Å². The molecule has 154 valence electrons. The molecule has 1 amide bonds. The second kappa shape index (κ2) is 7.40. The molecular formula is C26H20ClNO3. The summed E-state index contributed by atoms with van der Waals surface area (Å²) in [6.45, 7) is 2.29. The van der Waals surface area contributed by atoms with Crippen molar-refractivity contribution in [2.24, 2.45) is 5.92 Å². The Morgan fingerprint density at radius 2 is 1.65 bits per heavy atom. The fourth-order valence-electron chi connectivity index (χ4n) is 4.49. The van der Waals surface area contributed by atoms with Gasteiger partial charge in [-0.15, -0.1) is 0 Å². The Labute approximate surface area is 185 Å². The predicted molar refractivity (Wildman–Crippen MR) is 120 cm³/mol. The molecule has 31 heavy (non-hydrogen) atoms. The summed E-state index contributed by atoms with van der Waals surface area (Å²) < 4.78 is 6.02. The molecule has 0 aliphatic carbocycles. The van der Waals surface area contributed by atoms with Gasteiger partial charge in [0, 0.05) is 16.5 Å². The average molecular weight is 430 g/mol. The molecule has 0 saturated heterocycles. The molecule has 0 radical (unpaired) electrons. The van der Waals surface area contributed by atoms with E-state index >= 15 is 0 Å². The van der Waals surface area contributed by atoms with Gasteiger partial charge in [0.2, 0.25) is 5.60 Å². The molecule has 3 aromatic carbocycles. The summed E-state index contributed by atoms with van der Waals surface area (Å²) in [5.74, 6) is -1.13. The second-order valence-corrected chi connectivity index (χ2v) is 8.34. The third-order valence-corrected chi connectivity index (χ3v) is 6.25. The SMILES string of the molecule is C[C@@H]1C=C(c2ccccc2)C(=O)O[C@@]12C(=O)N(Cc1ccccc1)c1ccc(Cl)cc12. The van der Waals surface area contributed by atoms with E-state index in [1.165, 1.54) is 0 Å². The summed E-state index contributed by atoms with van der Waals surface area (Å²) in [5.41, 5.74) is 2.15. The molecule has 0 unspecified atom stereocenters. The first kappa shape index (κ1) is 19.6. The summed E-state index contributed by atoms with van der Waals surface area (Å²) in [5, 5.41) is 0.494. The third-order valence-electron chi connectivity index (χ3n) is 6.01. The lowest BCUT2D eigenvalue weighted by Crippen LogP contribution is -2.49. The molecule has 0 aromatic heterocycles. The molecule has 5 rings (SSSR count). The van der Waals surface area contributed by atoms with Gasteiger partial charge in [-0.25, -0.2) is 4.79 Å². The Kier molecular flexibility index (Phi) is 4.67. The zero-order chi connectivity index (χ0) is 21.6. The molecular weight excluding hydrogens is 410 g/mol. The van der Waals surface area contributed by atoms with Crippen molar-refractivity contribution < 1.29 is 14.3 Å². The third kappa shape index (κ3) is 3.06. The molecule has 5 heteroatoms. The van der Waals surface area contributed by atoms with Crippen molar-refractivity contribution in [3.05, 3.63) is 107 Å². The minimum atomic E-state index is -1.43. The maximum Gasteiger partial charge on any atom is 0.339 e. The molecule has 2 heterocycles. The smallest absolute Gasteiger partial charge is 0.339 e. The number of nitrogens with zero attached hydrogens (tertiary/aromatic N) is 1. The van der Waals surface area contributed by atoms with E-state index in [1.807, 2.05) is 79.7 Å². The summed E-state index contributed by atoms with van der Waals surface area (Å²) in [4.78, 5) is 28.6. The van der Waals surface area contributed by atoms with Crippen molar-refractivity contribution >= 4 is 34.7 Å². The van der Waals surface area contributed by atoms with Crippen LogP contribution in [0.4, 0.5) is 5.69 Å². The molecule has 2 aliphatic heterocycles. The number of hydrogen-bond acceptors (Lipinski definition) is 3. The average Bonchev–Trinajstić information content (AvgIpc) is 3.00. The van der Waals surface area contributed by atoms with Crippen LogP contribution in [0.3, 0.4) is 0 Å². The van der Waals surface area contributed by atoms with Gasteiger partial charge in [0.05, 0.1) is 17.8 Å². The van der Waals surface area contributed by atoms with Crippen LogP contribution in [0.5, 0.6) is 0 Å². The van der Waals surface area contributed by atoms with E-state index in [4.69, 9.17) is 16.3 Å². The first-order chi connectivity index (χ1) is 15.0. The van der Waals surface area contributed by atoms with Crippen LogP contribution in [0, 0.1) is 5.92 Å². The van der Waals surface area contributed by atoms with Crippen molar-refractivity contribution in [1.82, 2.24) is 0 Å². The Hall–Kier alpha value is -3.37. The standard InChI is InChI=1S/C26H20ClNO3/c1-17-14-21(19-10-6-3-7-11-19)24(29)31-26(17)22-15-20(27)12-13-23(22)28(25(26)30)16-18-8-4-2-5-9-18/h2-15,17H,16H2,1H3/t17-,26+/m1/s1. The fourth-order valence-corrected chi connectivity index (χ4v) is 4.66. The molecule has 2 atom stereocenters. The molecule has 2 aliphatic rings. The van der Waals surface area contributed by atoms with Crippen molar-refractivity contribution in [2.75, 3.05) is 4.90 Å². The highest BCUT2D eigenvalue weighted by Crippen LogP contribution is 2.51. The van der Waals surface area contributed by atoms with Gasteiger partial charge in [0.15, 0.2) is 0 Å². The Morgan fingerprint density at radius 3 is 2.35 bits per heavy atom. The fraction of sp³-hybridized carbons (Fsp3) is 0.154. The van der Waals surface area contributed by atoms with Crippen molar-refractivity contribution in [1.29, 1.82) is 0 Å². The van der Waals surface area contributed by atoms with E-state index in [1.54, 1.807) is 17.0 Å². The maximum atomic E-state index is 13.8. The van der Waals surface area contributed by atoms with Crippen molar-refractivity contribution in [3.63, 3.8) is 0 Å². The van der Waals surface area contributed by atoms with Gasteiger partial charge >= 0.3 is 5.97 Å². The van der Waals surface area contributed by atoms with Gasteiger partial charge in [0.25, 0.3) is 5.91 Å². The number of carbonyl (C=O) groups excluding carboxylic acids is 2. The van der Waals surface area contributed by atoms with Gasteiger partial charge in [-0.3, -0.25) is 4.79 Å². The van der Waals surface area contributed by atoms with Crippen molar-refractivity contribution in [2.45, 2.75) is 19.1 Å². The highest BCUT2D eigenvalue weighted by Gasteiger charge is 2.59. The van der Waals surface area contributed by atoms with Crippen LogP contribution in [0.1, 0.15) is 23.6 Å². The van der Waals surface area contributed by atoms with E-state index in [-0.39, 0.29) is 11.8 Å². The van der Waals surface area contributed by atoms with Gasteiger partial charge in [-0.05, 0) is 29.3 Å². The van der Waals surface area contributed by atoms with Crippen LogP contribution in [-0.4, -0.2) is 11.9 Å². The monoisotopic (exact) mass is 429 g/mol. The first-order valence-corrected chi connectivity index (χ1v) is 10.5. The number of benzene rings is 3. The number of amides is 1. The lowest BCUT2D eigenvalue weighted by atomic mass is 9.79. The molecule has 0 fully saturated rings. The molecule has 0 N–H and O–H groups in total. The topological polar surface area (TPSA) is 46.6 Å². The highest BCUT2D eigenvalue weighted by molar-refractivity contribution is 6.31. The number of esters is 1. The number of hydrogen-bond donors (Lipinski definition) is 0. The largest absolute Gasteiger partial charge is 0.440 e. The predicted octanol–water partition coefficient (Wildman–Crippen LogP) is 5.36. The summed E-state index contributed by atoms with van der Waals surface area (Å²) in [6, 6.07) is 24.4. The minimum Gasteiger partial charge on any atom is -0.440 e. The molecule has 4 nitrogen and oxygen atoms in total. The number of fused-ring (bicyclic) bond motifs is 2. The van der Waals surface area contributed by atoms with Crippen LogP contribution in [0.15, 0.2) is 84.9 Å². The first-order valence-electron chi connectivity index (χ1n) is 10.2. The Bertz CT molecular complexity index is 1210. The number of carbonyl (C=O) groups is 2. The normalized spacial score (nSPS) is 22.3. The van der Waals surface area contributed by atoms with Crippen LogP contribution in [0.2, 0.25) is 5.02 Å². The molecule has 0 bridgehead atoms. The van der Waals surface area contributed by atoms with Crippen LogP contribution in [0.25, 0.3) is 5.57 Å². The van der Waals surface area contributed by atoms with Gasteiger partial charge < -0.3 is 9.64 Å². The maximum absolute atomic E-state index is 13.8. The minimum absolute atomic E-state index is 0.252. The van der Waals surface area contributed by atoms with E-state index < -0.39 is 11.6 Å². The highest BCUT2D eigenvalue weighted by atomic mass is 35.5. The zero-order valence-corrected chi connectivity index (χ0v) is 17.7. The number of rotatable bonds is 3. The quantitative estimate of drug-likeness (QED) is 0.526.